The van der Waals surface area contributed by atoms with Crippen molar-refractivity contribution in [3.63, 3.8) is 0 Å². The van der Waals surface area contributed by atoms with Crippen molar-refractivity contribution in [1.29, 1.82) is 0 Å². The predicted molar refractivity (Wildman–Crippen MR) is 65.6 cm³/mol. The lowest BCUT2D eigenvalue weighted by Crippen LogP contribution is -1.92. The first-order chi connectivity index (χ1) is 7.12. The Balaban J connectivity index is 0. The van der Waals surface area contributed by atoms with Crippen molar-refractivity contribution in [2.45, 2.75) is 27.2 Å². The summed E-state index contributed by atoms with van der Waals surface area (Å²) in [7, 11) is 0. The number of ether oxygens (including phenoxy) is 1. The molecule has 0 aliphatic heterocycles. The molecule has 0 radical (unpaired) electrons. The molecule has 0 aromatic heterocycles. The largest absolute Gasteiger partial charge is 0.463 e. The first kappa shape index (κ1) is 16.1. The highest BCUT2D eigenvalue weighted by Crippen LogP contribution is 1.95. The molecule has 0 saturated heterocycles. The van der Waals surface area contributed by atoms with Gasteiger partial charge < -0.3 is 4.74 Å². The Morgan fingerprint density at radius 3 is 2.20 bits per heavy atom. The van der Waals surface area contributed by atoms with E-state index in [9.17, 15) is 4.79 Å². The summed E-state index contributed by atoms with van der Waals surface area (Å²) in [6.45, 7) is 14.3. The minimum Gasteiger partial charge on any atom is -0.463 e. The van der Waals surface area contributed by atoms with Crippen molar-refractivity contribution in [2.24, 2.45) is 5.92 Å². The van der Waals surface area contributed by atoms with E-state index in [4.69, 9.17) is 0 Å². The van der Waals surface area contributed by atoms with Gasteiger partial charge in [-0.1, -0.05) is 58.6 Å². The minimum absolute atomic E-state index is 0.263. The third kappa shape index (κ3) is 15.4. The Labute approximate surface area is 93.3 Å². The van der Waals surface area contributed by atoms with Gasteiger partial charge in [0.15, 0.2) is 0 Å². The van der Waals surface area contributed by atoms with Gasteiger partial charge in [0.1, 0.15) is 6.61 Å². The van der Waals surface area contributed by atoms with Crippen LogP contribution in [-0.2, 0) is 9.53 Å². The molecule has 0 heterocycles. The minimum atomic E-state index is 0.263. The van der Waals surface area contributed by atoms with Crippen LogP contribution in [0.15, 0.2) is 37.0 Å². The zero-order chi connectivity index (χ0) is 12.1. The molecule has 0 spiro atoms. The summed E-state index contributed by atoms with van der Waals surface area (Å²) >= 11 is 0. The Bertz CT molecular complexity index is 203. The van der Waals surface area contributed by atoms with E-state index >= 15 is 0 Å². The van der Waals surface area contributed by atoms with Crippen LogP contribution in [-0.4, -0.2) is 13.1 Å². The van der Waals surface area contributed by atoms with Crippen LogP contribution in [0.5, 0.6) is 0 Å². The fourth-order valence-electron chi connectivity index (χ4n) is 0.457. The maximum Gasteiger partial charge on any atom is 0.293 e. The number of carbonyl (C=O) groups excluding carboxylic acids is 1. The Morgan fingerprint density at radius 1 is 1.40 bits per heavy atom. The molecule has 0 aliphatic carbocycles. The van der Waals surface area contributed by atoms with E-state index in [1.165, 1.54) is 6.42 Å². The van der Waals surface area contributed by atoms with Crippen LogP contribution in [0, 0.1) is 5.92 Å². The maximum atomic E-state index is 9.72. The Morgan fingerprint density at radius 2 is 1.93 bits per heavy atom. The Hall–Kier alpha value is -1.31. The van der Waals surface area contributed by atoms with Crippen molar-refractivity contribution in [1.82, 2.24) is 0 Å². The first-order valence-electron chi connectivity index (χ1n) is 5.11. The smallest absolute Gasteiger partial charge is 0.293 e. The molecule has 0 N–H and O–H groups in total. The molecule has 2 heteroatoms. The van der Waals surface area contributed by atoms with E-state index in [0.29, 0.717) is 6.47 Å². The monoisotopic (exact) mass is 210 g/mol. The Kier molecular flexibility index (Phi) is 13.6. The molecule has 0 fully saturated rings. The van der Waals surface area contributed by atoms with Gasteiger partial charge in [0.25, 0.3) is 6.47 Å². The summed E-state index contributed by atoms with van der Waals surface area (Å²) in [5.74, 6) is 0.884. The zero-order valence-electron chi connectivity index (χ0n) is 10.0. The predicted octanol–water partition coefficient (Wildman–Crippen LogP) is 3.51. The molecule has 0 aromatic carbocycles. The number of allylic oxidation sites excluding steroid dienone is 2. The highest BCUT2D eigenvalue weighted by Gasteiger charge is 1.87. The van der Waals surface area contributed by atoms with Crippen molar-refractivity contribution in [2.75, 3.05) is 6.61 Å². The molecule has 0 aliphatic rings. The van der Waals surface area contributed by atoms with Crippen LogP contribution in [0.2, 0.25) is 0 Å². The van der Waals surface area contributed by atoms with E-state index < -0.39 is 0 Å². The lowest BCUT2D eigenvalue weighted by molar-refractivity contribution is -0.127. The third-order valence-corrected chi connectivity index (χ3v) is 1.73. The lowest BCUT2D eigenvalue weighted by Gasteiger charge is -1.96. The first-order valence-corrected chi connectivity index (χ1v) is 5.11. The van der Waals surface area contributed by atoms with Crippen molar-refractivity contribution in [3.05, 3.63) is 37.0 Å². The fraction of sp³-hybridized carbons (Fsp3) is 0.462. The molecule has 0 saturated carbocycles. The summed E-state index contributed by atoms with van der Waals surface area (Å²) < 4.78 is 4.47. The van der Waals surface area contributed by atoms with E-state index in [-0.39, 0.29) is 6.61 Å². The lowest BCUT2D eigenvalue weighted by atomic mass is 10.2. The summed E-state index contributed by atoms with van der Waals surface area (Å²) in [6.07, 6.45) is 6.27. The average molecular weight is 210 g/mol. The van der Waals surface area contributed by atoms with Crippen molar-refractivity contribution in [3.8, 4) is 0 Å². The fourth-order valence-corrected chi connectivity index (χ4v) is 0.457. The molecular weight excluding hydrogens is 188 g/mol. The van der Waals surface area contributed by atoms with Gasteiger partial charge in [0.2, 0.25) is 0 Å². The van der Waals surface area contributed by atoms with E-state index in [1.54, 1.807) is 18.2 Å². The molecular formula is C13H22O2. The molecule has 0 aromatic rings. The molecule has 0 atom stereocenters. The second-order valence-corrected chi connectivity index (χ2v) is 3.39. The normalized spacial score (nSPS) is 10.0. The number of rotatable bonds is 6. The summed E-state index contributed by atoms with van der Waals surface area (Å²) in [4.78, 5) is 9.72. The summed E-state index contributed by atoms with van der Waals surface area (Å²) in [6, 6.07) is 0. The topological polar surface area (TPSA) is 26.3 Å². The standard InChI is InChI=1S/C8H10O2.C5H12/c1-3-5-8(4-2)6-10-7-9;1-4-5(2)3/h3-5,7H,1-2,6H2;5H,4H2,1-3H3/b8-5+;. The van der Waals surface area contributed by atoms with Gasteiger partial charge in [0, 0.05) is 0 Å². The highest BCUT2D eigenvalue weighted by molar-refractivity contribution is 5.38. The molecule has 0 unspecified atom stereocenters. The molecule has 0 bridgehead atoms. The summed E-state index contributed by atoms with van der Waals surface area (Å²) in [5.41, 5.74) is 0.835. The van der Waals surface area contributed by atoms with Crippen LogP contribution < -0.4 is 0 Å². The van der Waals surface area contributed by atoms with Gasteiger partial charge in [0.05, 0.1) is 0 Å². The maximum absolute atomic E-state index is 9.72. The van der Waals surface area contributed by atoms with Gasteiger partial charge in [-0.2, -0.15) is 0 Å². The van der Waals surface area contributed by atoms with Gasteiger partial charge in [-0.15, -0.1) is 0 Å². The van der Waals surface area contributed by atoms with E-state index in [0.717, 1.165) is 11.5 Å². The van der Waals surface area contributed by atoms with Crippen LogP contribution >= 0.6 is 0 Å². The van der Waals surface area contributed by atoms with Crippen LogP contribution in [0.4, 0.5) is 0 Å². The van der Waals surface area contributed by atoms with Crippen molar-refractivity contribution >= 4 is 6.47 Å². The molecule has 86 valence electrons. The zero-order valence-corrected chi connectivity index (χ0v) is 10.0. The van der Waals surface area contributed by atoms with Crippen molar-refractivity contribution < 1.29 is 9.53 Å². The van der Waals surface area contributed by atoms with Crippen LogP contribution in [0.25, 0.3) is 0 Å². The van der Waals surface area contributed by atoms with E-state index in [2.05, 4.69) is 38.7 Å². The third-order valence-electron chi connectivity index (χ3n) is 1.73. The van der Waals surface area contributed by atoms with Gasteiger partial charge >= 0.3 is 0 Å². The van der Waals surface area contributed by atoms with E-state index in [1.807, 2.05) is 0 Å². The summed E-state index contributed by atoms with van der Waals surface area (Å²) in [5, 5.41) is 0. The van der Waals surface area contributed by atoms with Crippen LogP contribution in [0.1, 0.15) is 27.2 Å². The molecule has 0 amide bonds. The number of hydrogen-bond acceptors (Lipinski definition) is 2. The molecule has 0 rings (SSSR count). The van der Waals surface area contributed by atoms with Gasteiger partial charge in [-0.25, -0.2) is 0 Å². The average Bonchev–Trinajstić information content (AvgIpc) is 2.25. The highest BCUT2D eigenvalue weighted by atomic mass is 16.5. The number of hydrogen-bond donors (Lipinski definition) is 0. The molecule has 15 heavy (non-hydrogen) atoms. The quantitative estimate of drug-likeness (QED) is 0.495. The van der Waals surface area contributed by atoms with Crippen LogP contribution in [0.3, 0.4) is 0 Å². The second-order valence-electron chi connectivity index (χ2n) is 3.39. The van der Waals surface area contributed by atoms with Gasteiger partial charge in [-0.05, 0) is 11.5 Å². The number of carbonyl (C=O) groups is 1. The molecule has 2 nitrogen and oxygen atoms in total. The van der Waals surface area contributed by atoms with Gasteiger partial charge in [-0.3, -0.25) is 4.79 Å². The second kappa shape index (κ2) is 12.7. The SMILES string of the molecule is C=C/C=C(\C=C)COC=O.CCC(C)C.